The fourth-order valence-electron chi connectivity index (χ4n) is 1.42. The predicted octanol–water partition coefficient (Wildman–Crippen LogP) is 2.89. The van der Waals surface area contributed by atoms with Crippen molar-refractivity contribution >= 4 is 23.4 Å². The molecular formula is C11H9S-. The van der Waals surface area contributed by atoms with Gasteiger partial charge in [-0.3, -0.25) is 0 Å². The first kappa shape index (κ1) is 7.69. The Balaban J connectivity index is 2.79. The third-order valence-corrected chi connectivity index (χ3v) is 2.35. The summed E-state index contributed by atoms with van der Waals surface area (Å²) in [6, 6.07) is 14.6. The van der Waals surface area contributed by atoms with E-state index in [0.29, 0.717) is 5.75 Å². The molecule has 0 fully saturated rings. The predicted molar refractivity (Wildman–Crippen MR) is 55.0 cm³/mol. The van der Waals surface area contributed by atoms with E-state index in [0.717, 1.165) is 0 Å². The number of rotatable bonds is 1. The smallest absolute Gasteiger partial charge is 0.0171 e. The van der Waals surface area contributed by atoms with Crippen LogP contribution < -0.4 is 0 Å². The van der Waals surface area contributed by atoms with Crippen molar-refractivity contribution in [3.05, 3.63) is 48.0 Å². The lowest BCUT2D eigenvalue weighted by Crippen LogP contribution is -1.82. The van der Waals surface area contributed by atoms with Crippen LogP contribution in [0.1, 0.15) is 5.56 Å². The molecule has 0 bridgehead atoms. The highest BCUT2D eigenvalue weighted by atomic mass is 32.1. The Hall–Kier alpha value is -0.950. The monoisotopic (exact) mass is 173 g/mol. The average Bonchev–Trinajstić information content (AvgIpc) is 2.17. The molecule has 0 saturated heterocycles. The highest BCUT2D eigenvalue weighted by Crippen LogP contribution is 2.18. The molecule has 0 aromatic heterocycles. The molecule has 0 nitrogen and oxygen atoms in total. The Morgan fingerprint density at radius 1 is 0.917 bits per heavy atom. The molecule has 0 heterocycles. The molecule has 0 radical (unpaired) electrons. The van der Waals surface area contributed by atoms with Crippen LogP contribution in [0, 0.1) is 0 Å². The molecule has 0 aliphatic rings. The van der Waals surface area contributed by atoms with Gasteiger partial charge in [-0.15, -0.1) is 5.75 Å². The van der Waals surface area contributed by atoms with Gasteiger partial charge in [-0.1, -0.05) is 48.0 Å². The minimum absolute atomic E-state index is 0.696. The van der Waals surface area contributed by atoms with Gasteiger partial charge in [-0.05, 0) is 10.8 Å². The van der Waals surface area contributed by atoms with Crippen molar-refractivity contribution in [2.75, 3.05) is 0 Å². The largest absolute Gasteiger partial charge is 0.788 e. The molecule has 0 unspecified atom stereocenters. The summed E-state index contributed by atoms with van der Waals surface area (Å²) >= 11 is 5.05. The van der Waals surface area contributed by atoms with Gasteiger partial charge in [-0.25, -0.2) is 0 Å². The van der Waals surface area contributed by atoms with Crippen molar-refractivity contribution < 1.29 is 0 Å². The van der Waals surface area contributed by atoms with Crippen LogP contribution in [0.25, 0.3) is 10.8 Å². The van der Waals surface area contributed by atoms with Crippen LogP contribution >= 0.6 is 0 Å². The summed E-state index contributed by atoms with van der Waals surface area (Å²) in [4.78, 5) is 0. The highest BCUT2D eigenvalue weighted by Gasteiger charge is 1.93. The SMILES string of the molecule is [S-]Cc1cccc2ccccc12. The Morgan fingerprint density at radius 2 is 1.67 bits per heavy atom. The minimum atomic E-state index is 0.696. The molecule has 2 rings (SSSR count). The van der Waals surface area contributed by atoms with Gasteiger partial charge in [0.25, 0.3) is 0 Å². The maximum absolute atomic E-state index is 5.05. The van der Waals surface area contributed by atoms with Crippen molar-refractivity contribution in [2.45, 2.75) is 5.75 Å². The lowest BCUT2D eigenvalue weighted by molar-refractivity contribution is 1.48. The summed E-state index contributed by atoms with van der Waals surface area (Å²) in [6.45, 7) is 0. The molecule has 0 aliphatic carbocycles. The standard InChI is InChI=1S/C11H10S/c12-8-10-6-3-5-9-4-1-2-7-11(9)10/h1-7,12H,8H2/p-1. The van der Waals surface area contributed by atoms with Gasteiger partial charge in [0.05, 0.1) is 0 Å². The fraction of sp³-hybridized carbons (Fsp3) is 0.0909. The van der Waals surface area contributed by atoms with Crippen LogP contribution in [0.4, 0.5) is 0 Å². The average molecular weight is 173 g/mol. The lowest BCUT2D eigenvalue weighted by Gasteiger charge is -2.07. The highest BCUT2D eigenvalue weighted by molar-refractivity contribution is 7.57. The second-order valence-electron chi connectivity index (χ2n) is 2.78. The number of hydrogen-bond donors (Lipinski definition) is 0. The molecular weight excluding hydrogens is 164 g/mol. The van der Waals surface area contributed by atoms with Gasteiger partial charge < -0.3 is 12.6 Å². The Bertz CT molecular complexity index is 388. The van der Waals surface area contributed by atoms with E-state index in [1.807, 2.05) is 0 Å². The van der Waals surface area contributed by atoms with Crippen molar-refractivity contribution in [3.8, 4) is 0 Å². The van der Waals surface area contributed by atoms with Crippen molar-refractivity contribution in [1.82, 2.24) is 0 Å². The summed E-state index contributed by atoms with van der Waals surface area (Å²) in [5.74, 6) is 0.696. The van der Waals surface area contributed by atoms with Gasteiger partial charge in [0.15, 0.2) is 0 Å². The van der Waals surface area contributed by atoms with E-state index in [4.69, 9.17) is 12.6 Å². The van der Waals surface area contributed by atoms with E-state index in [1.54, 1.807) is 0 Å². The molecule has 0 N–H and O–H groups in total. The summed E-state index contributed by atoms with van der Waals surface area (Å²) < 4.78 is 0. The first-order chi connectivity index (χ1) is 5.92. The minimum Gasteiger partial charge on any atom is -0.788 e. The second kappa shape index (κ2) is 3.20. The first-order valence-electron chi connectivity index (χ1n) is 3.96. The van der Waals surface area contributed by atoms with Crippen LogP contribution in [-0.4, -0.2) is 0 Å². The van der Waals surface area contributed by atoms with E-state index < -0.39 is 0 Å². The summed E-state index contributed by atoms with van der Waals surface area (Å²) in [5.41, 5.74) is 1.25. The van der Waals surface area contributed by atoms with E-state index in [-0.39, 0.29) is 0 Å². The Labute approximate surface area is 77.6 Å². The van der Waals surface area contributed by atoms with Crippen LogP contribution in [0.5, 0.6) is 0 Å². The van der Waals surface area contributed by atoms with Crippen molar-refractivity contribution in [3.63, 3.8) is 0 Å². The zero-order valence-electron chi connectivity index (χ0n) is 6.66. The normalized spacial score (nSPS) is 10.4. The Morgan fingerprint density at radius 3 is 2.50 bits per heavy atom. The van der Waals surface area contributed by atoms with Crippen LogP contribution in [-0.2, 0) is 18.4 Å². The molecule has 0 spiro atoms. The van der Waals surface area contributed by atoms with E-state index in [1.165, 1.54) is 16.3 Å². The summed E-state index contributed by atoms with van der Waals surface area (Å²) in [7, 11) is 0. The molecule has 0 atom stereocenters. The zero-order valence-corrected chi connectivity index (χ0v) is 7.47. The van der Waals surface area contributed by atoms with Gasteiger partial charge in [0.1, 0.15) is 0 Å². The van der Waals surface area contributed by atoms with Gasteiger partial charge in [-0.2, -0.15) is 0 Å². The number of fused-ring (bicyclic) bond motifs is 1. The summed E-state index contributed by atoms with van der Waals surface area (Å²) in [6.07, 6.45) is 0. The van der Waals surface area contributed by atoms with E-state index in [9.17, 15) is 0 Å². The maximum atomic E-state index is 5.05. The third-order valence-electron chi connectivity index (χ3n) is 2.04. The summed E-state index contributed by atoms with van der Waals surface area (Å²) in [5, 5.41) is 2.56. The fourth-order valence-corrected chi connectivity index (χ4v) is 1.67. The van der Waals surface area contributed by atoms with Gasteiger partial charge in [0, 0.05) is 0 Å². The van der Waals surface area contributed by atoms with Crippen LogP contribution in [0.2, 0.25) is 0 Å². The third kappa shape index (κ3) is 1.21. The maximum Gasteiger partial charge on any atom is -0.0171 e. The first-order valence-corrected chi connectivity index (χ1v) is 4.54. The van der Waals surface area contributed by atoms with Gasteiger partial charge >= 0.3 is 0 Å². The van der Waals surface area contributed by atoms with E-state index >= 15 is 0 Å². The van der Waals surface area contributed by atoms with Crippen molar-refractivity contribution in [1.29, 1.82) is 0 Å². The second-order valence-corrected chi connectivity index (χ2v) is 3.07. The van der Waals surface area contributed by atoms with Gasteiger partial charge in [0.2, 0.25) is 0 Å². The lowest BCUT2D eigenvalue weighted by atomic mass is 10.1. The van der Waals surface area contributed by atoms with E-state index in [2.05, 4.69) is 42.5 Å². The van der Waals surface area contributed by atoms with Crippen LogP contribution in [0.3, 0.4) is 0 Å². The van der Waals surface area contributed by atoms with Crippen LogP contribution in [0.15, 0.2) is 42.5 Å². The number of benzene rings is 2. The molecule has 12 heavy (non-hydrogen) atoms. The number of hydrogen-bond acceptors (Lipinski definition) is 1. The zero-order chi connectivity index (χ0) is 8.39. The molecule has 0 amide bonds. The molecule has 0 aliphatic heterocycles. The Kier molecular flexibility index (Phi) is 2.05. The van der Waals surface area contributed by atoms with Crippen molar-refractivity contribution in [2.24, 2.45) is 0 Å². The molecule has 60 valence electrons. The quantitative estimate of drug-likeness (QED) is 0.597. The molecule has 2 aromatic carbocycles. The molecule has 1 heteroatoms. The molecule has 0 saturated carbocycles. The topological polar surface area (TPSA) is 0 Å². The molecule has 2 aromatic rings.